The average Bonchev–Trinajstić information content (AvgIpc) is 2.52. The summed E-state index contributed by atoms with van der Waals surface area (Å²) < 4.78 is 5.29. The molecule has 0 radical (unpaired) electrons. The van der Waals surface area contributed by atoms with Gasteiger partial charge in [-0.1, -0.05) is 45.2 Å². The van der Waals surface area contributed by atoms with Gasteiger partial charge in [0.2, 0.25) is 0 Å². The van der Waals surface area contributed by atoms with Crippen LogP contribution in [0.25, 0.3) is 0 Å². The van der Waals surface area contributed by atoms with Gasteiger partial charge in [-0.05, 0) is 42.9 Å². The third kappa shape index (κ3) is 5.50. The van der Waals surface area contributed by atoms with Gasteiger partial charge in [0, 0.05) is 0 Å². The van der Waals surface area contributed by atoms with E-state index < -0.39 is 0 Å². The van der Waals surface area contributed by atoms with Crippen molar-refractivity contribution in [2.45, 2.75) is 58.8 Å². The molecule has 19 heavy (non-hydrogen) atoms. The van der Waals surface area contributed by atoms with Gasteiger partial charge in [0.1, 0.15) is 5.75 Å². The molecule has 1 aliphatic rings. The monoisotopic (exact) mass is 262 g/mol. The van der Waals surface area contributed by atoms with E-state index in [1.165, 1.54) is 43.2 Å². The molecular weight excluding hydrogens is 232 g/mol. The summed E-state index contributed by atoms with van der Waals surface area (Å²) in [5.41, 5.74) is 2.77. The fourth-order valence-electron chi connectivity index (χ4n) is 2.59. The predicted molar refractivity (Wildman–Crippen MR) is 86.2 cm³/mol. The number of rotatable bonds is 2. The summed E-state index contributed by atoms with van der Waals surface area (Å²) in [5, 5.41) is 0. The largest absolute Gasteiger partial charge is 0.496 e. The van der Waals surface area contributed by atoms with Crippen molar-refractivity contribution in [2.75, 3.05) is 7.11 Å². The molecule has 0 aliphatic heterocycles. The molecule has 1 nitrogen and oxygen atoms in total. The molecule has 0 heterocycles. The summed E-state index contributed by atoms with van der Waals surface area (Å²) in [6.07, 6.45) is 6.95. The molecule has 0 spiro atoms. The zero-order chi connectivity index (χ0) is 14.7. The minimum Gasteiger partial charge on any atom is -0.496 e. The van der Waals surface area contributed by atoms with Gasteiger partial charge in [-0.15, -0.1) is 13.2 Å². The molecule has 0 unspecified atom stereocenters. The molecule has 0 N–H and O–H groups in total. The van der Waals surface area contributed by atoms with E-state index in [9.17, 15) is 0 Å². The predicted octanol–water partition coefficient (Wildman–Crippen LogP) is 5.88. The molecule has 0 atom stereocenters. The van der Waals surface area contributed by atoms with Crippen LogP contribution in [0.2, 0.25) is 0 Å². The Morgan fingerprint density at radius 2 is 1.63 bits per heavy atom. The highest BCUT2D eigenvalue weighted by Gasteiger charge is 2.15. The lowest BCUT2D eigenvalue weighted by atomic mass is 9.83. The molecule has 1 aromatic carbocycles. The lowest BCUT2D eigenvalue weighted by Crippen LogP contribution is -2.04. The van der Waals surface area contributed by atoms with E-state index in [-0.39, 0.29) is 0 Å². The van der Waals surface area contributed by atoms with Crippen molar-refractivity contribution >= 4 is 0 Å². The summed E-state index contributed by atoms with van der Waals surface area (Å²) in [5.74, 6) is 1.80. The van der Waals surface area contributed by atoms with E-state index in [4.69, 9.17) is 4.74 Å². The van der Waals surface area contributed by atoms with Crippen molar-refractivity contribution < 1.29 is 4.74 Å². The van der Waals surface area contributed by atoms with E-state index in [0.29, 0.717) is 0 Å². The van der Waals surface area contributed by atoms with Gasteiger partial charge < -0.3 is 4.74 Å². The maximum atomic E-state index is 5.29. The van der Waals surface area contributed by atoms with Crippen LogP contribution < -0.4 is 4.74 Å². The first kappa shape index (κ1) is 17.8. The van der Waals surface area contributed by atoms with Crippen LogP contribution in [0.4, 0.5) is 0 Å². The van der Waals surface area contributed by atoms with Crippen LogP contribution in [0.15, 0.2) is 31.4 Å². The Bertz CT molecular complexity index is 338. The van der Waals surface area contributed by atoms with Gasteiger partial charge >= 0.3 is 0 Å². The van der Waals surface area contributed by atoms with Crippen LogP contribution in [0.1, 0.15) is 63.0 Å². The van der Waals surface area contributed by atoms with E-state index in [1.54, 1.807) is 7.11 Å². The number of ether oxygens (including phenoxy) is 1. The Labute approximate surface area is 119 Å². The summed E-state index contributed by atoms with van der Waals surface area (Å²) >= 11 is 0. The number of hydrogen-bond acceptors (Lipinski definition) is 1. The highest BCUT2D eigenvalue weighted by atomic mass is 16.5. The van der Waals surface area contributed by atoms with Crippen molar-refractivity contribution in [1.82, 2.24) is 0 Å². The standard InChI is InChI=1S/C14H20O.C2H6.C2H4/c1-11-10-13(8-9-14(11)15-2)12-6-4-3-5-7-12;2*1-2/h8-10,12H,3-7H2,1-2H3;1-2H3;1-2H2. The van der Waals surface area contributed by atoms with Gasteiger partial charge in [-0.3, -0.25) is 0 Å². The number of aryl methyl sites for hydroxylation is 1. The number of methoxy groups -OCH3 is 1. The van der Waals surface area contributed by atoms with Gasteiger partial charge in [-0.2, -0.15) is 0 Å². The van der Waals surface area contributed by atoms with Crippen molar-refractivity contribution in [3.8, 4) is 5.75 Å². The maximum Gasteiger partial charge on any atom is 0.121 e. The Kier molecular flexibility index (Phi) is 9.97. The highest BCUT2D eigenvalue weighted by Crippen LogP contribution is 2.34. The quantitative estimate of drug-likeness (QED) is 0.605. The minimum absolute atomic E-state index is 0.795. The van der Waals surface area contributed by atoms with Gasteiger partial charge in [0.05, 0.1) is 7.11 Å². The molecule has 1 fully saturated rings. The summed E-state index contributed by atoms with van der Waals surface area (Å²) in [7, 11) is 1.74. The van der Waals surface area contributed by atoms with Crippen LogP contribution in [-0.4, -0.2) is 7.11 Å². The molecule has 108 valence electrons. The normalized spacial score (nSPS) is 14.5. The first-order valence-electron chi connectivity index (χ1n) is 7.46. The molecule has 1 aromatic rings. The second-order valence-corrected chi connectivity index (χ2v) is 4.56. The van der Waals surface area contributed by atoms with Crippen molar-refractivity contribution in [3.63, 3.8) is 0 Å². The molecule has 0 aromatic heterocycles. The molecular formula is C18H30O. The fraction of sp³-hybridized carbons (Fsp3) is 0.556. The molecule has 2 rings (SSSR count). The smallest absolute Gasteiger partial charge is 0.121 e. The topological polar surface area (TPSA) is 9.23 Å². The second kappa shape index (κ2) is 10.7. The van der Waals surface area contributed by atoms with Crippen LogP contribution in [-0.2, 0) is 0 Å². The van der Waals surface area contributed by atoms with Crippen LogP contribution in [0, 0.1) is 6.92 Å². The zero-order valence-electron chi connectivity index (χ0n) is 13.2. The maximum absolute atomic E-state index is 5.29. The Morgan fingerprint density at radius 1 is 1.05 bits per heavy atom. The fourth-order valence-corrected chi connectivity index (χ4v) is 2.59. The molecule has 0 bridgehead atoms. The highest BCUT2D eigenvalue weighted by molar-refractivity contribution is 5.37. The zero-order valence-corrected chi connectivity index (χ0v) is 13.2. The summed E-state index contributed by atoms with van der Waals surface area (Å²) in [6.45, 7) is 12.1. The van der Waals surface area contributed by atoms with Crippen LogP contribution in [0.5, 0.6) is 5.75 Å². The van der Waals surface area contributed by atoms with E-state index in [2.05, 4.69) is 38.3 Å². The van der Waals surface area contributed by atoms with Crippen molar-refractivity contribution in [2.24, 2.45) is 0 Å². The number of hydrogen-bond donors (Lipinski definition) is 0. The van der Waals surface area contributed by atoms with Crippen molar-refractivity contribution in [1.29, 1.82) is 0 Å². The van der Waals surface area contributed by atoms with Crippen molar-refractivity contribution in [3.05, 3.63) is 42.5 Å². The second-order valence-electron chi connectivity index (χ2n) is 4.56. The molecule has 1 aliphatic carbocycles. The van der Waals surface area contributed by atoms with Crippen LogP contribution >= 0.6 is 0 Å². The minimum atomic E-state index is 0.795. The molecule has 1 heteroatoms. The summed E-state index contributed by atoms with van der Waals surface area (Å²) in [6, 6.07) is 6.65. The van der Waals surface area contributed by atoms with Gasteiger partial charge in [0.25, 0.3) is 0 Å². The number of benzene rings is 1. The third-order valence-corrected chi connectivity index (χ3v) is 3.50. The Balaban J connectivity index is 0.000000741. The summed E-state index contributed by atoms with van der Waals surface area (Å²) in [4.78, 5) is 0. The molecule has 0 saturated heterocycles. The Hall–Kier alpha value is -1.24. The van der Waals surface area contributed by atoms with Gasteiger partial charge in [-0.25, -0.2) is 0 Å². The van der Waals surface area contributed by atoms with E-state index >= 15 is 0 Å². The first-order chi connectivity index (χ1) is 9.31. The SMILES string of the molecule is C=C.CC.COc1ccc(C2CCCCC2)cc1C. The van der Waals surface area contributed by atoms with Gasteiger partial charge in [0.15, 0.2) is 0 Å². The third-order valence-electron chi connectivity index (χ3n) is 3.50. The lowest BCUT2D eigenvalue weighted by molar-refractivity contribution is 0.410. The average molecular weight is 262 g/mol. The molecule has 0 amide bonds. The van der Waals surface area contributed by atoms with E-state index in [1.807, 2.05) is 13.8 Å². The Morgan fingerprint density at radius 3 is 2.11 bits per heavy atom. The lowest BCUT2D eigenvalue weighted by Gasteiger charge is -2.22. The first-order valence-corrected chi connectivity index (χ1v) is 7.46. The van der Waals surface area contributed by atoms with E-state index in [0.717, 1.165) is 11.7 Å². The van der Waals surface area contributed by atoms with Crippen LogP contribution in [0.3, 0.4) is 0 Å². The molecule has 1 saturated carbocycles.